The van der Waals surface area contributed by atoms with Crippen LogP contribution < -0.4 is 22.1 Å². The molecule has 0 bridgehead atoms. The summed E-state index contributed by atoms with van der Waals surface area (Å²) in [6.45, 7) is 3.57. The predicted molar refractivity (Wildman–Crippen MR) is 89.6 cm³/mol. The highest BCUT2D eigenvalue weighted by molar-refractivity contribution is 5.93. The van der Waals surface area contributed by atoms with Crippen molar-refractivity contribution in [1.82, 2.24) is 10.6 Å². The van der Waals surface area contributed by atoms with Crippen molar-refractivity contribution in [3.63, 3.8) is 0 Å². The SMILES string of the molecule is CC(C)C[C@H](NC(=O)[C@@H](N)CCC(=O)O)C(=O)N[C@@H](CC(N)=O)C(=O)O. The van der Waals surface area contributed by atoms with Crippen LogP contribution in [0.25, 0.3) is 0 Å². The molecule has 0 fully saturated rings. The van der Waals surface area contributed by atoms with Crippen molar-refractivity contribution in [2.24, 2.45) is 17.4 Å². The van der Waals surface area contributed by atoms with E-state index < -0.39 is 54.2 Å². The number of carbonyl (C=O) groups excluding carboxylic acids is 3. The van der Waals surface area contributed by atoms with Gasteiger partial charge >= 0.3 is 11.9 Å². The minimum absolute atomic E-state index is 0.0271. The van der Waals surface area contributed by atoms with Gasteiger partial charge in [0.15, 0.2) is 0 Å². The van der Waals surface area contributed by atoms with Crippen LogP contribution in [0.15, 0.2) is 0 Å². The van der Waals surface area contributed by atoms with Gasteiger partial charge in [0.1, 0.15) is 12.1 Å². The lowest BCUT2D eigenvalue weighted by atomic mass is 10.0. The van der Waals surface area contributed by atoms with Crippen molar-refractivity contribution in [3.05, 3.63) is 0 Å². The molecule has 3 amide bonds. The van der Waals surface area contributed by atoms with Gasteiger partial charge in [0.25, 0.3) is 0 Å². The largest absolute Gasteiger partial charge is 0.481 e. The average molecular weight is 374 g/mol. The maximum absolute atomic E-state index is 12.3. The van der Waals surface area contributed by atoms with Crippen LogP contribution in [0.5, 0.6) is 0 Å². The van der Waals surface area contributed by atoms with Crippen LogP contribution in [0.2, 0.25) is 0 Å². The Balaban J connectivity index is 5.02. The number of amides is 3. The lowest BCUT2D eigenvalue weighted by molar-refractivity contribution is -0.143. The first-order valence-electron chi connectivity index (χ1n) is 8.03. The molecule has 0 saturated heterocycles. The number of aliphatic carboxylic acids is 2. The first-order valence-corrected chi connectivity index (χ1v) is 8.03. The highest BCUT2D eigenvalue weighted by Crippen LogP contribution is 2.07. The van der Waals surface area contributed by atoms with Crippen LogP contribution in [-0.4, -0.2) is 58.0 Å². The lowest BCUT2D eigenvalue weighted by Crippen LogP contribution is -2.55. The molecule has 0 aliphatic rings. The third-order valence-corrected chi connectivity index (χ3v) is 3.37. The summed E-state index contributed by atoms with van der Waals surface area (Å²) in [5.41, 5.74) is 10.6. The van der Waals surface area contributed by atoms with E-state index in [9.17, 15) is 24.0 Å². The number of primary amides is 1. The summed E-state index contributed by atoms with van der Waals surface area (Å²) < 4.78 is 0. The Morgan fingerprint density at radius 1 is 0.962 bits per heavy atom. The zero-order valence-electron chi connectivity index (χ0n) is 14.7. The van der Waals surface area contributed by atoms with Gasteiger partial charge in [-0.3, -0.25) is 19.2 Å². The van der Waals surface area contributed by atoms with Crippen molar-refractivity contribution in [2.45, 2.75) is 57.7 Å². The maximum Gasteiger partial charge on any atom is 0.326 e. The van der Waals surface area contributed by atoms with Crippen molar-refractivity contribution >= 4 is 29.7 Å². The van der Waals surface area contributed by atoms with Crippen LogP contribution in [-0.2, 0) is 24.0 Å². The Kier molecular flexibility index (Phi) is 9.89. The molecule has 26 heavy (non-hydrogen) atoms. The molecule has 0 aromatic carbocycles. The van der Waals surface area contributed by atoms with E-state index >= 15 is 0 Å². The van der Waals surface area contributed by atoms with E-state index in [1.807, 2.05) is 0 Å². The van der Waals surface area contributed by atoms with Gasteiger partial charge in [0.2, 0.25) is 17.7 Å². The van der Waals surface area contributed by atoms with E-state index in [2.05, 4.69) is 10.6 Å². The first-order chi connectivity index (χ1) is 11.9. The molecule has 0 spiro atoms. The third kappa shape index (κ3) is 9.57. The van der Waals surface area contributed by atoms with Gasteiger partial charge in [0.05, 0.1) is 12.5 Å². The third-order valence-electron chi connectivity index (χ3n) is 3.37. The van der Waals surface area contributed by atoms with E-state index in [4.69, 9.17) is 21.7 Å². The molecular weight excluding hydrogens is 348 g/mol. The average Bonchev–Trinajstić information content (AvgIpc) is 2.49. The van der Waals surface area contributed by atoms with Crippen molar-refractivity contribution in [3.8, 4) is 0 Å². The molecule has 0 aliphatic carbocycles. The van der Waals surface area contributed by atoms with Gasteiger partial charge in [-0.15, -0.1) is 0 Å². The number of carbonyl (C=O) groups is 5. The summed E-state index contributed by atoms with van der Waals surface area (Å²) in [4.78, 5) is 56.9. The Morgan fingerprint density at radius 2 is 1.50 bits per heavy atom. The molecule has 11 heteroatoms. The number of hydrogen-bond donors (Lipinski definition) is 6. The van der Waals surface area contributed by atoms with Gasteiger partial charge in [-0.1, -0.05) is 13.8 Å². The highest BCUT2D eigenvalue weighted by Gasteiger charge is 2.29. The van der Waals surface area contributed by atoms with Gasteiger partial charge in [-0.25, -0.2) is 4.79 Å². The minimum atomic E-state index is -1.52. The number of rotatable bonds is 12. The number of nitrogens with one attached hydrogen (secondary N) is 2. The molecule has 0 aromatic heterocycles. The highest BCUT2D eigenvalue weighted by atomic mass is 16.4. The zero-order valence-corrected chi connectivity index (χ0v) is 14.7. The molecule has 0 aliphatic heterocycles. The summed E-state index contributed by atoms with van der Waals surface area (Å²) in [6, 6.07) is -3.74. The Morgan fingerprint density at radius 3 is 1.92 bits per heavy atom. The van der Waals surface area contributed by atoms with Gasteiger partial charge in [0, 0.05) is 6.42 Å². The number of carboxylic acids is 2. The first kappa shape index (κ1) is 23.3. The fourth-order valence-electron chi connectivity index (χ4n) is 2.07. The topological polar surface area (TPSA) is 202 Å². The molecule has 148 valence electrons. The summed E-state index contributed by atoms with van der Waals surface area (Å²) in [7, 11) is 0. The van der Waals surface area contributed by atoms with Crippen LogP contribution in [0, 0.1) is 5.92 Å². The number of hydrogen-bond acceptors (Lipinski definition) is 6. The maximum atomic E-state index is 12.3. The molecular formula is C15H26N4O7. The molecule has 11 nitrogen and oxygen atoms in total. The second kappa shape index (κ2) is 11.0. The summed E-state index contributed by atoms with van der Waals surface area (Å²) in [5, 5.41) is 22.2. The van der Waals surface area contributed by atoms with Crippen LogP contribution >= 0.6 is 0 Å². The van der Waals surface area contributed by atoms with E-state index in [-0.39, 0.29) is 25.2 Å². The minimum Gasteiger partial charge on any atom is -0.481 e. The van der Waals surface area contributed by atoms with Crippen LogP contribution in [0.3, 0.4) is 0 Å². The zero-order chi connectivity index (χ0) is 20.4. The van der Waals surface area contributed by atoms with Crippen molar-refractivity contribution in [1.29, 1.82) is 0 Å². The lowest BCUT2D eigenvalue weighted by Gasteiger charge is -2.23. The number of nitrogens with two attached hydrogens (primary N) is 2. The summed E-state index contributed by atoms with van der Waals surface area (Å²) in [6.07, 6.45) is -0.834. The normalized spacial score (nSPS) is 14.2. The second-order valence-corrected chi connectivity index (χ2v) is 6.30. The van der Waals surface area contributed by atoms with E-state index in [1.54, 1.807) is 13.8 Å². The molecule has 8 N–H and O–H groups in total. The Bertz CT molecular complexity index is 550. The fourth-order valence-corrected chi connectivity index (χ4v) is 2.07. The molecule has 0 heterocycles. The molecule has 0 radical (unpaired) electrons. The van der Waals surface area contributed by atoms with Gasteiger partial charge in [-0.05, 0) is 18.8 Å². The second-order valence-electron chi connectivity index (χ2n) is 6.30. The smallest absolute Gasteiger partial charge is 0.326 e. The number of carboxylic acid groups (broad SMARTS) is 2. The van der Waals surface area contributed by atoms with Gasteiger partial charge < -0.3 is 32.3 Å². The van der Waals surface area contributed by atoms with Crippen molar-refractivity contribution < 1.29 is 34.2 Å². The molecule has 0 unspecified atom stereocenters. The van der Waals surface area contributed by atoms with E-state index in [0.717, 1.165) is 0 Å². The van der Waals surface area contributed by atoms with Gasteiger partial charge in [-0.2, -0.15) is 0 Å². The molecule has 0 aromatic rings. The standard InChI is InChI=1S/C15H26N4O7/c1-7(2)5-9(18-13(23)8(16)3-4-12(21)22)14(24)19-10(15(25)26)6-11(17)20/h7-10H,3-6,16H2,1-2H3,(H2,17,20)(H,18,23)(H,19,24)(H,21,22)(H,25,26)/t8-,9-,10-/m0/s1. The van der Waals surface area contributed by atoms with Crippen molar-refractivity contribution in [2.75, 3.05) is 0 Å². The molecule has 3 atom stereocenters. The molecule has 0 rings (SSSR count). The predicted octanol–water partition coefficient (Wildman–Crippen LogP) is -1.85. The van der Waals surface area contributed by atoms with E-state index in [1.165, 1.54) is 0 Å². The Labute approximate surface area is 150 Å². The summed E-state index contributed by atoms with van der Waals surface area (Å²) >= 11 is 0. The van der Waals surface area contributed by atoms with Crippen LogP contribution in [0.1, 0.15) is 39.5 Å². The summed E-state index contributed by atoms with van der Waals surface area (Å²) in [5.74, 6) is -5.01. The quantitative estimate of drug-likeness (QED) is 0.228. The monoisotopic (exact) mass is 374 g/mol. The fraction of sp³-hybridized carbons (Fsp3) is 0.667. The van der Waals surface area contributed by atoms with E-state index in [0.29, 0.717) is 0 Å². The molecule has 0 saturated carbocycles. The Hall–Kier alpha value is -2.69. The van der Waals surface area contributed by atoms with Crippen LogP contribution in [0.4, 0.5) is 0 Å².